The molecule has 0 aliphatic rings. The third-order valence-electron chi connectivity index (χ3n) is 4.07. The standard InChI is InChI=1S/C19H22N4O/c1-3-6-14(2)20-19(24)16-11-9-15(10-12-16)13-23-18-8-5-4-7-17(18)21-22-23/h4-5,7-12,14H,3,6,13H2,1-2H3,(H,20,24)/t14-/m1/s1. The lowest BCUT2D eigenvalue weighted by Gasteiger charge is -2.13. The van der Waals surface area contributed by atoms with E-state index in [1.807, 2.05) is 60.1 Å². The highest BCUT2D eigenvalue weighted by atomic mass is 16.1. The van der Waals surface area contributed by atoms with Gasteiger partial charge in [0, 0.05) is 11.6 Å². The highest BCUT2D eigenvalue weighted by Gasteiger charge is 2.09. The summed E-state index contributed by atoms with van der Waals surface area (Å²) in [6, 6.07) is 15.7. The molecule has 1 amide bonds. The Kier molecular flexibility index (Phi) is 4.89. The van der Waals surface area contributed by atoms with Crippen molar-refractivity contribution in [2.75, 3.05) is 0 Å². The molecule has 0 spiro atoms. The first-order valence-electron chi connectivity index (χ1n) is 8.35. The van der Waals surface area contributed by atoms with Gasteiger partial charge >= 0.3 is 0 Å². The van der Waals surface area contributed by atoms with Crippen LogP contribution in [0, 0.1) is 0 Å². The van der Waals surface area contributed by atoms with Crippen molar-refractivity contribution in [1.82, 2.24) is 20.3 Å². The second-order valence-corrected chi connectivity index (χ2v) is 6.10. The fourth-order valence-electron chi connectivity index (χ4n) is 2.78. The van der Waals surface area contributed by atoms with Gasteiger partial charge in [-0.2, -0.15) is 0 Å². The molecule has 5 heteroatoms. The van der Waals surface area contributed by atoms with Crippen LogP contribution < -0.4 is 5.32 Å². The Balaban J connectivity index is 1.69. The van der Waals surface area contributed by atoms with Crippen LogP contribution in [-0.4, -0.2) is 26.9 Å². The van der Waals surface area contributed by atoms with Crippen LogP contribution in [0.3, 0.4) is 0 Å². The second-order valence-electron chi connectivity index (χ2n) is 6.10. The first-order chi connectivity index (χ1) is 11.7. The van der Waals surface area contributed by atoms with Gasteiger partial charge in [-0.1, -0.05) is 42.8 Å². The first kappa shape index (κ1) is 16.2. The summed E-state index contributed by atoms with van der Waals surface area (Å²) < 4.78 is 1.87. The molecular formula is C19H22N4O. The van der Waals surface area contributed by atoms with Crippen LogP contribution in [0.1, 0.15) is 42.6 Å². The highest BCUT2D eigenvalue weighted by molar-refractivity contribution is 5.94. The van der Waals surface area contributed by atoms with Gasteiger partial charge in [-0.15, -0.1) is 5.10 Å². The lowest BCUT2D eigenvalue weighted by molar-refractivity contribution is 0.0938. The van der Waals surface area contributed by atoms with Crippen molar-refractivity contribution in [3.05, 3.63) is 59.7 Å². The van der Waals surface area contributed by atoms with E-state index in [9.17, 15) is 4.79 Å². The largest absolute Gasteiger partial charge is 0.350 e. The Morgan fingerprint density at radius 2 is 1.92 bits per heavy atom. The molecule has 0 unspecified atom stereocenters. The van der Waals surface area contributed by atoms with E-state index in [0.29, 0.717) is 12.1 Å². The number of nitrogens with one attached hydrogen (secondary N) is 1. The Morgan fingerprint density at radius 1 is 1.17 bits per heavy atom. The van der Waals surface area contributed by atoms with Crippen molar-refractivity contribution in [1.29, 1.82) is 0 Å². The maximum absolute atomic E-state index is 12.2. The quantitative estimate of drug-likeness (QED) is 0.756. The number of hydrogen-bond acceptors (Lipinski definition) is 3. The van der Waals surface area contributed by atoms with E-state index in [1.165, 1.54) is 0 Å². The van der Waals surface area contributed by atoms with Crippen LogP contribution in [0.5, 0.6) is 0 Å². The Labute approximate surface area is 141 Å². The first-order valence-corrected chi connectivity index (χ1v) is 8.35. The zero-order chi connectivity index (χ0) is 16.9. The summed E-state index contributed by atoms with van der Waals surface area (Å²) >= 11 is 0. The molecule has 0 aliphatic heterocycles. The third kappa shape index (κ3) is 3.62. The van der Waals surface area contributed by atoms with E-state index >= 15 is 0 Å². The molecule has 3 rings (SSSR count). The number of para-hydroxylation sites is 1. The van der Waals surface area contributed by atoms with Gasteiger partial charge in [-0.05, 0) is 43.2 Å². The predicted octanol–water partition coefficient (Wildman–Crippen LogP) is 3.40. The molecule has 0 bridgehead atoms. The molecule has 1 N–H and O–H groups in total. The average Bonchev–Trinajstić information content (AvgIpc) is 2.99. The van der Waals surface area contributed by atoms with Crippen molar-refractivity contribution >= 4 is 16.9 Å². The normalized spacial score (nSPS) is 12.2. The molecule has 0 saturated heterocycles. The van der Waals surface area contributed by atoms with Gasteiger partial charge in [0.15, 0.2) is 0 Å². The predicted molar refractivity (Wildman–Crippen MR) is 94.9 cm³/mol. The lowest BCUT2D eigenvalue weighted by Crippen LogP contribution is -2.32. The molecular weight excluding hydrogens is 300 g/mol. The SMILES string of the molecule is CCC[C@@H](C)NC(=O)c1ccc(Cn2nnc3ccccc32)cc1. The number of fused-ring (bicyclic) bond motifs is 1. The third-order valence-corrected chi connectivity index (χ3v) is 4.07. The Morgan fingerprint density at radius 3 is 2.67 bits per heavy atom. The van der Waals surface area contributed by atoms with Crippen molar-refractivity contribution < 1.29 is 4.79 Å². The van der Waals surface area contributed by atoms with Gasteiger partial charge in [0.25, 0.3) is 5.91 Å². The maximum atomic E-state index is 12.2. The molecule has 0 radical (unpaired) electrons. The van der Waals surface area contributed by atoms with Crippen molar-refractivity contribution in [2.45, 2.75) is 39.3 Å². The van der Waals surface area contributed by atoms with Gasteiger partial charge in [0.05, 0.1) is 12.1 Å². The summed E-state index contributed by atoms with van der Waals surface area (Å²) in [6.07, 6.45) is 2.05. The van der Waals surface area contributed by atoms with Crippen LogP contribution in [0.25, 0.3) is 11.0 Å². The van der Waals surface area contributed by atoms with Gasteiger partial charge in [0.1, 0.15) is 5.52 Å². The van der Waals surface area contributed by atoms with Gasteiger partial charge in [-0.3, -0.25) is 4.79 Å². The van der Waals surface area contributed by atoms with Crippen LogP contribution >= 0.6 is 0 Å². The van der Waals surface area contributed by atoms with Crippen LogP contribution in [-0.2, 0) is 6.54 Å². The minimum atomic E-state index is -0.0197. The van der Waals surface area contributed by atoms with Gasteiger partial charge in [0.2, 0.25) is 0 Å². The van der Waals surface area contributed by atoms with Crippen LogP contribution in [0.15, 0.2) is 48.5 Å². The van der Waals surface area contributed by atoms with Gasteiger partial charge < -0.3 is 5.32 Å². The van der Waals surface area contributed by atoms with E-state index in [4.69, 9.17) is 0 Å². The summed E-state index contributed by atoms with van der Waals surface area (Å²) in [4.78, 5) is 12.2. The van der Waals surface area contributed by atoms with Gasteiger partial charge in [-0.25, -0.2) is 4.68 Å². The fraction of sp³-hybridized carbons (Fsp3) is 0.316. The average molecular weight is 322 g/mol. The highest BCUT2D eigenvalue weighted by Crippen LogP contribution is 2.13. The number of amides is 1. The fourth-order valence-corrected chi connectivity index (χ4v) is 2.78. The lowest BCUT2D eigenvalue weighted by atomic mass is 10.1. The van der Waals surface area contributed by atoms with Crippen LogP contribution in [0.2, 0.25) is 0 Å². The van der Waals surface area contributed by atoms with E-state index in [2.05, 4.69) is 22.6 Å². The Hall–Kier alpha value is -2.69. The number of carbonyl (C=O) groups excluding carboxylic acids is 1. The van der Waals surface area contributed by atoms with E-state index in [-0.39, 0.29) is 11.9 Å². The summed E-state index contributed by atoms with van der Waals surface area (Å²) in [5, 5.41) is 11.4. The maximum Gasteiger partial charge on any atom is 0.251 e. The topological polar surface area (TPSA) is 59.8 Å². The number of hydrogen-bond donors (Lipinski definition) is 1. The van der Waals surface area contributed by atoms with E-state index < -0.39 is 0 Å². The summed E-state index contributed by atoms with van der Waals surface area (Å²) in [5.74, 6) is -0.0197. The van der Waals surface area contributed by atoms with E-state index in [0.717, 1.165) is 29.4 Å². The molecule has 24 heavy (non-hydrogen) atoms. The molecule has 124 valence electrons. The smallest absolute Gasteiger partial charge is 0.251 e. The molecule has 3 aromatic rings. The molecule has 0 fully saturated rings. The summed E-state index contributed by atoms with van der Waals surface area (Å²) in [6.45, 7) is 4.78. The summed E-state index contributed by atoms with van der Waals surface area (Å²) in [5.41, 5.74) is 3.67. The molecule has 1 atom stereocenters. The Bertz CT molecular complexity index is 823. The number of rotatable bonds is 6. The summed E-state index contributed by atoms with van der Waals surface area (Å²) in [7, 11) is 0. The second kappa shape index (κ2) is 7.25. The molecule has 2 aromatic carbocycles. The molecule has 0 aliphatic carbocycles. The minimum absolute atomic E-state index is 0.0197. The number of nitrogens with zero attached hydrogens (tertiary/aromatic N) is 3. The van der Waals surface area contributed by atoms with Crippen LogP contribution in [0.4, 0.5) is 0 Å². The molecule has 1 heterocycles. The molecule has 1 aromatic heterocycles. The van der Waals surface area contributed by atoms with Crippen molar-refractivity contribution in [3.8, 4) is 0 Å². The van der Waals surface area contributed by atoms with E-state index in [1.54, 1.807) is 0 Å². The van der Waals surface area contributed by atoms with Crippen molar-refractivity contribution in [3.63, 3.8) is 0 Å². The molecule has 5 nitrogen and oxygen atoms in total. The molecule has 0 saturated carbocycles. The number of aromatic nitrogens is 3. The monoisotopic (exact) mass is 322 g/mol. The zero-order valence-corrected chi connectivity index (χ0v) is 14.1. The number of carbonyl (C=O) groups is 1. The zero-order valence-electron chi connectivity index (χ0n) is 14.1. The minimum Gasteiger partial charge on any atom is -0.350 e. The number of benzene rings is 2. The van der Waals surface area contributed by atoms with Crippen molar-refractivity contribution in [2.24, 2.45) is 0 Å².